The number of thiazole rings is 1. The first kappa shape index (κ1) is 17.0. The van der Waals surface area contributed by atoms with E-state index in [0.717, 1.165) is 16.8 Å². The molecule has 3 rings (SSSR count). The number of amides is 1. The number of nitrogens with zero attached hydrogens (tertiary/aromatic N) is 2. The lowest BCUT2D eigenvalue weighted by atomic mass is 10.3. The van der Waals surface area contributed by atoms with Crippen molar-refractivity contribution in [2.75, 3.05) is 38.3 Å². The Morgan fingerprint density at radius 1 is 1.38 bits per heavy atom. The summed E-state index contributed by atoms with van der Waals surface area (Å²) in [6, 6.07) is 9.60. The maximum Gasteiger partial charge on any atom is 0.295 e. The highest BCUT2D eigenvalue weighted by Crippen LogP contribution is 2.32. The second-order valence-electron chi connectivity index (χ2n) is 5.72. The van der Waals surface area contributed by atoms with E-state index in [9.17, 15) is 4.79 Å². The number of hydrogen-bond acceptors (Lipinski definition) is 5. The van der Waals surface area contributed by atoms with E-state index in [1.54, 1.807) is 40.1 Å². The molecule has 3 aromatic rings. The minimum absolute atomic E-state index is 0.148. The summed E-state index contributed by atoms with van der Waals surface area (Å²) in [7, 11) is 4.14. The summed E-state index contributed by atoms with van der Waals surface area (Å²) in [6.07, 6.45) is 3.57. The van der Waals surface area contributed by atoms with Crippen molar-refractivity contribution >= 4 is 44.4 Å². The molecule has 2 heterocycles. The molecule has 0 fully saturated rings. The number of carbonyl (C=O) groups excluding carboxylic acids is 1. The molecule has 0 aliphatic carbocycles. The van der Waals surface area contributed by atoms with Gasteiger partial charge in [0.2, 0.25) is 0 Å². The molecule has 1 N–H and O–H groups in total. The summed E-state index contributed by atoms with van der Waals surface area (Å²) >= 11 is 3.24. The Morgan fingerprint density at radius 3 is 2.88 bits per heavy atom. The van der Waals surface area contributed by atoms with Crippen LogP contribution in [0.1, 0.15) is 10.6 Å². The Morgan fingerprint density at radius 2 is 2.21 bits per heavy atom. The molecule has 0 bridgehead atoms. The van der Waals surface area contributed by atoms with Crippen molar-refractivity contribution in [2.24, 2.45) is 0 Å². The number of benzene rings is 1. The summed E-state index contributed by atoms with van der Waals surface area (Å²) in [5.41, 5.74) is 0.919. The Balaban J connectivity index is 1.96. The Hall–Kier alpha value is -1.83. The largest absolute Gasteiger partial charge is 0.459 e. The molecule has 7 heteroatoms. The number of carbonyl (C=O) groups is 1. The number of nitrogens with one attached hydrogen (secondary N) is 1. The number of rotatable bonds is 6. The van der Waals surface area contributed by atoms with Crippen molar-refractivity contribution in [3.05, 3.63) is 42.4 Å². The standard InChI is InChI=1S/C17H19N3O2S2/c1-19(2)8-9-20(16(21)14-5-4-10-22-14)17-18-13-7-6-12(23-3)11-15(13)24-17/h4-7,10-11H,8-9H2,1-3H3/p+1. The van der Waals surface area contributed by atoms with Gasteiger partial charge in [0.25, 0.3) is 5.91 Å². The van der Waals surface area contributed by atoms with Crippen LogP contribution in [0.25, 0.3) is 10.2 Å². The van der Waals surface area contributed by atoms with E-state index < -0.39 is 0 Å². The molecule has 2 aromatic heterocycles. The van der Waals surface area contributed by atoms with E-state index in [1.165, 1.54) is 16.1 Å². The Kier molecular flexibility index (Phi) is 5.23. The van der Waals surface area contributed by atoms with Crippen LogP contribution in [0.2, 0.25) is 0 Å². The fraction of sp³-hybridized carbons (Fsp3) is 0.294. The van der Waals surface area contributed by atoms with Gasteiger partial charge in [0.05, 0.1) is 43.7 Å². The van der Waals surface area contributed by atoms with Crippen molar-refractivity contribution in [2.45, 2.75) is 4.90 Å². The molecule has 0 atom stereocenters. The monoisotopic (exact) mass is 362 g/mol. The van der Waals surface area contributed by atoms with Crippen molar-refractivity contribution in [1.29, 1.82) is 0 Å². The average Bonchev–Trinajstić information content (AvgIpc) is 3.23. The molecular weight excluding hydrogens is 342 g/mol. The normalized spacial score (nSPS) is 11.3. The number of furan rings is 1. The molecule has 0 saturated heterocycles. The summed E-state index contributed by atoms with van der Waals surface area (Å²) in [5, 5.41) is 0.714. The number of quaternary nitrogens is 1. The zero-order valence-electron chi connectivity index (χ0n) is 13.9. The Bertz CT molecular complexity index is 828. The molecule has 24 heavy (non-hydrogen) atoms. The molecule has 0 saturated carbocycles. The lowest BCUT2D eigenvalue weighted by Gasteiger charge is -2.19. The summed E-state index contributed by atoms with van der Waals surface area (Å²) in [4.78, 5) is 21.7. The van der Waals surface area contributed by atoms with Crippen LogP contribution in [0, 0.1) is 0 Å². The van der Waals surface area contributed by atoms with Gasteiger partial charge < -0.3 is 9.32 Å². The highest BCUT2D eigenvalue weighted by atomic mass is 32.2. The van der Waals surface area contributed by atoms with Gasteiger partial charge in [0, 0.05) is 4.90 Å². The average molecular weight is 362 g/mol. The van der Waals surface area contributed by atoms with Crippen molar-refractivity contribution in [3.8, 4) is 0 Å². The molecule has 0 aliphatic heterocycles. The van der Waals surface area contributed by atoms with Crippen LogP contribution in [0.3, 0.4) is 0 Å². The maximum atomic E-state index is 12.8. The number of anilines is 1. The fourth-order valence-corrected chi connectivity index (χ4v) is 3.83. The van der Waals surface area contributed by atoms with Crippen molar-refractivity contribution < 1.29 is 14.1 Å². The molecule has 1 aromatic carbocycles. The second kappa shape index (κ2) is 7.38. The van der Waals surface area contributed by atoms with E-state index in [1.807, 2.05) is 6.07 Å². The first-order valence-electron chi connectivity index (χ1n) is 7.67. The van der Waals surface area contributed by atoms with Crippen molar-refractivity contribution in [3.63, 3.8) is 0 Å². The molecule has 0 radical (unpaired) electrons. The number of hydrogen-bond donors (Lipinski definition) is 1. The zero-order valence-corrected chi connectivity index (χ0v) is 15.5. The van der Waals surface area contributed by atoms with Crippen LogP contribution in [0.5, 0.6) is 0 Å². The zero-order chi connectivity index (χ0) is 17.1. The van der Waals surface area contributed by atoms with Crippen LogP contribution in [0.4, 0.5) is 5.13 Å². The summed E-state index contributed by atoms with van der Waals surface area (Å²) in [6.45, 7) is 1.43. The molecular formula is C17H20N3O2S2+. The van der Waals surface area contributed by atoms with Crippen LogP contribution >= 0.6 is 23.1 Å². The molecule has 126 valence electrons. The third kappa shape index (κ3) is 3.63. The minimum atomic E-state index is -0.148. The number of aromatic nitrogens is 1. The van der Waals surface area contributed by atoms with Gasteiger partial charge >= 0.3 is 0 Å². The van der Waals surface area contributed by atoms with E-state index in [2.05, 4.69) is 37.5 Å². The predicted molar refractivity (Wildman–Crippen MR) is 99.5 cm³/mol. The highest BCUT2D eigenvalue weighted by molar-refractivity contribution is 7.98. The van der Waals surface area contributed by atoms with E-state index >= 15 is 0 Å². The van der Waals surface area contributed by atoms with Gasteiger partial charge in [-0.2, -0.15) is 0 Å². The molecule has 0 aliphatic rings. The lowest BCUT2D eigenvalue weighted by molar-refractivity contribution is -0.856. The molecule has 1 amide bonds. The summed E-state index contributed by atoms with van der Waals surface area (Å²) in [5.74, 6) is 0.193. The van der Waals surface area contributed by atoms with E-state index in [4.69, 9.17) is 4.42 Å². The van der Waals surface area contributed by atoms with Crippen LogP contribution in [-0.2, 0) is 0 Å². The third-order valence-corrected chi connectivity index (χ3v) is 5.39. The van der Waals surface area contributed by atoms with Gasteiger partial charge in [-0.15, -0.1) is 11.8 Å². The first-order chi connectivity index (χ1) is 11.6. The topological polar surface area (TPSA) is 50.8 Å². The Labute approximate surface area is 149 Å². The minimum Gasteiger partial charge on any atom is -0.459 e. The van der Waals surface area contributed by atoms with E-state index in [-0.39, 0.29) is 5.91 Å². The van der Waals surface area contributed by atoms with Gasteiger partial charge in [-0.3, -0.25) is 9.69 Å². The first-order valence-corrected chi connectivity index (χ1v) is 9.71. The highest BCUT2D eigenvalue weighted by Gasteiger charge is 2.24. The molecule has 0 spiro atoms. The summed E-state index contributed by atoms with van der Waals surface area (Å²) < 4.78 is 6.38. The maximum absolute atomic E-state index is 12.8. The fourth-order valence-electron chi connectivity index (χ4n) is 2.29. The van der Waals surface area contributed by atoms with Crippen LogP contribution in [0.15, 0.2) is 45.9 Å². The number of fused-ring (bicyclic) bond motifs is 1. The van der Waals surface area contributed by atoms with Gasteiger partial charge in [-0.05, 0) is 36.6 Å². The molecule has 5 nitrogen and oxygen atoms in total. The number of likely N-dealkylation sites (N-methyl/N-ethyl adjacent to an activating group) is 1. The van der Waals surface area contributed by atoms with E-state index in [0.29, 0.717) is 17.4 Å². The smallest absolute Gasteiger partial charge is 0.295 e. The van der Waals surface area contributed by atoms with Gasteiger partial charge in [0.15, 0.2) is 10.9 Å². The predicted octanol–water partition coefficient (Wildman–Crippen LogP) is 2.40. The van der Waals surface area contributed by atoms with Gasteiger partial charge in [0.1, 0.15) is 0 Å². The third-order valence-electron chi connectivity index (χ3n) is 3.63. The second-order valence-corrected chi connectivity index (χ2v) is 7.61. The van der Waals surface area contributed by atoms with Gasteiger partial charge in [-0.25, -0.2) is 4.98 Å². The number of thioether (sulfide) groups is 1. The molecule has 0 unspecified atom stereocenters. The lowest BCUT2D eigenvalue weighted by Crippen LogP contribution is -3.06. The van der Waals surface area contributed by atoms with Gasteiger partial charge in [-0.1, -0.05) is 11.3 Å². The van der Waals surface area contributed by atoms with Crippen LogP contribution in [-0.4, -0.2) is 44.3 Å². The quantitative estimate of drug-likeness (QED) is 0.684. The SMILES string of the molecule is CSc1ccc2nc(N(CC[NH+](C)C)C(=O)c3ccco3)sc2c1. The van der Waals surface area contributed by atoms with Crippen LogP contribution < -0.4 is 9.80 Å². The van der Waals surface area contributed by atoms with Crippen molar-refractivity contribution in [1.82, 2.24) is 4.98 Å².